The van der Waals surface area contributed by atoms with E-state index in [-0.39, 0.29) is 0 Å². The number of aromatic nitrogens is 4. The van der Waals surface area contributed by atoms with Gasteiger partial charge in [0.15, 0.2) is 0 Å². The van der Waals surface area contributed by atoms with E-state index in [1.165, 1.54) is 7.11 Å². The minimum absolute atomic E-state index is 0.542. The molecule has 0 aliphatic rings. The van der Waals surface area contributed by atoms with Gasteiger partial charge in [-0.1, -0.05) is 37.1 Å². The number of fused-ring (bicyclic) bond motifs is 2. The maximum absolute atomic E-state index is 11.3. The van der Waals surface area contributed by atoms with E-state index >= 15 is 0 Å². The fraction of sp³-hybridized carbons (Fsp3) is 0.233. The van der Waals surface area contributed by atoms with Crippen molar-refractivity contribution in [1.29, 1.82) is 0 Å². The number of methoxy groups -OCH3 is 1. The molecule has 0 saturated carbocycles. The van der Waals surface area contributed by atoms with E-state index in [4.69, 9.17) is 9.97 Å². The number of esters is 1. The Labute approximate surface area is 210 Å². The van der Waals surface area contributed by atoms with E-state index in [1.54, 1.807) is 0 Å². The van der Waals surface area contributed by atoms with Gasteiger partial charge in [0, 0.05) is 37.1 Å². The molecule has 3 aromatic carbocycles. The highest BCUT2D eigenvalue weighted by Crippen LogP contribution is 2.30. The molecule has 0 aliphatic carbocycles. The highest BCUT2D eigenvalue weighted by molar-refractivity contribution is 5.89. The maximum atomic E-state index is 11.3. The van der Waals surface area contributed by atoms with Crippen molar-refractivity contribution in [3.05, 3.63) is 83.2 Å². The molecular formula is C30H28N4O2. The summed E-state index contributed by atoms with van der Waals surface area (Å²) in [4.78, 5) is 21.3. The molecule has 180 valence electrons. The standard InChI is InChI=1S/C30H28N4O2/c1-5-8-27-32-29-20(2)17-23(30-31-24-9-6-7-10-25(24)33(30)3)18-26(29)34(27)19-22-13-11-21(12-14-22)15-16-28(35)36-4/h6-7,9-14,17-18H,5,8,19H2,1-4H3. The lowest BCUT2D eigenvalue weighted by Crippen LogP contribution is -2.05. The second-order valence-corrected chi connectivity index (χ2v) is 8.95. The number of carbonyl (C=O) groups excluding carboxylic acids is 1. The number of imidazole rings is 2. The first-order valence-electron chi connectivity index (χ1n) is 12.1. The monoisotopic (exact) mass is 476 g/mol. The summed E-state index contributed by atoms with van der Waals surface area (Å²) in [5, 5.41) is 0. The van der Waals surface area contributed by atoms with E-state index in [9.17, 15) is 4.79 Å². The number of carbonyl (C=O) groups is 1. The second-order valence-electron chi connectivity index (χ2n) is 8.95. The number of ether oxygens (including phenoxy) is 1. The van der Waals surface area contributed by atoms with Crippen molar-refractivity contribution >= 4 is 28.0 Å². The molecular weight excluding hydrogens is 448 g/mol. The second kappa shape index (κ2) is 9.71. The van der Waals surface area contributed by atoms with Gasteiger partial charge in [-0.05, 0) is 60.9 Å². The minimum atomic E-state index is -0.542. The summed E-state index contributed by atoms with van der Waals surface area (Å²) >= 11 is 0. The van der Waals surface area contributed by atoms with Gasteiger partial charge >= 0.3 is 5.97 Å². The van der Waals surface area contributed by atoms with Gasteiger partial charge in [0.25, 0.3) is 0 Å². The molecule has 2 heterocycles. The first kappa shape index (κ1) is 23.4. The molecule has 0 bridgehead atoms. The van der Waals surface area contributed by atoms with E-state index in [1.807, 2.05) is 42.5 Å². The van der Waals surface area contributed by atoms with Crippen LogP contribution >= 0.6 is 0 Å². The Morgan fingerprint density at radius 2 is 1.81 bits per heavy atom. The van der Waals surface area contributed by atoms with Gasteiger partial charge in [0.1, 0.15) is 11.6 Å². The van der Waals surface area contributed by atoms with Gasteiger partial charge < -0.3 is 13.9 Å². The average molecular weight is 477 g/mol. The topological polar surface area (TPSA) is 61.9 Å². The van der Waals surface area contributed by atoms with Gasteiger partial charge in [-0.15, -0.1) is 0 Å². The number of rotatable bonds is 5. The van der Waals surface area contributed by atoms with Crippen molar-refractivity contribution in [2.75, 3.05) is 7.11 Å². The third-order valence-corrected chi connectivity index (χ3v) is 6.43. The first-order valence-corrected chi connectivity index (χ1v) is 12.1. The molecule has 2 aromatic heterocycles. The van der Waals surface area contributed by atoms with Crippen LogP contribution in [0.5, 0.6) is 0 Å². The summed E-state index contributed by atoms with van der Waals surface area (Å²) in [6.07, 6.45) is 1.92. The molecule has 6 heteroatoms. The van der Waals surface area contributed by atoms with Crippen molar-refractivity contribution in [3.8, 4) is 23.2 Å². The quantitative estimate of drug-likeness (QED) is 0.251. The Morgan fingerprint density at radius 3 is 2.53 bits per heavy atom. The summed E-state index contributed by atoms with van der Waals surface area (Å²) in [5.41, 5.74) is 8.37. The molecule has 5 aromatic rings. The summed E-state index contributed by atoms with van der Waals surface area (Å²) < 4.78 is 9.05. The summed E-state index contributed by atoms with van der Waals surface area (Å²) in [6, 6.07) is 20.6. The molecule has 0 amide bonds. The van der Waals surface area contributed by atoms with Crippen LogP contribution in [-0.2, 0) is 29.5 Å². The molecule has 36 heavy (non-hydrogen) atoms. The lowest BCUT2D eigenvalue weighted by molar-refractivity contribution is -0.133. The molecule has 0 saturated heterocycles. The SMILES string of the molecule is CCCc1nc2c(C)cc(-c3nc4ccccc4n3C)cc2n1Cc1ccc(C#CC(=O)OC)cc1. The van der Waals surface area contributed by atoms with Crippen LogP contribution in [0.15, 0.2) is 60.7 Å². The van der Waals surface area contributed by atoms with Crippen LogP contribution in [-0.4, -0.2) is 32.2 Å². The van der Waals surface area contributed by atoms with E-state index < -0.39 is 5.97 Å². The summed E-state index contributed by atoms with van der Waals surface area (Å²) in [5.74, 6) is 6.79. The Morgan fingerprint density at radius 1 is 1.03 bits per heavy atom. The third kappa shape index (κ3) is 4.36. The van der Waals surface area contributed by atoms with Crippen LogP contribution in [0.4, 0.5) is 0 Å². The first-order chi connectivity index (χ1) is 17.5. The zero-order valence-electron chi connectivity index (χ0n) is 21.0. The summed E-state index contributed by atoms with van der Waals surface area (Å²) in [6.45, 7) is 4.99. The largest absolute Gasteiger partial charge is 0.459 e. The van der Waals surface area contributed by atoms with Gasteiger partial charge in [0.05, 0.1) is 29.2 Å². The van der Waals surface area contributed by atoms with E-state index in [0.717, 1.165) is 68.8 Å². The number of para-hydroxylation sites is 2. The zero-order chi connectivity index (χ0) is 25.2. The average Bonchev–Trinajstić information content (AvgIpc) is 3.41. The fourth-order valence-corrected chi connectivity index (χ4v) is 4.61. The highest BCUT2D eigenvalue weighted by atomic mass is 16.5. The van der Waals surface area contributed by atoms with E-state index in [2.05, 4.69) is 64.8 Å². The molecule has 6 nitrogen and oxygen atoms in total. The molecule has 0 atom stereocenters. The Hall–Kier alpha value is -4.37. The van der Waals surface area contributed by atoms with Crippen LogP contribution in [0.25, 0.3) is 33.5 Å². The van der Waals surface area contributed by atoms with Crippen LogP contribution in [0.1, 0.15) is 35.9 Å². The van der Waals surface area contributed by atoms with Crippen molar-refractivity contribution in [3.63, 3.8) is 0 Å². The Kier molecular flexibility index (Phi) is 6.30. The van der Waals surface area contributed by atoms with Gasteiger partial charge in [-0.3, -0.25) is 0 Å². The normalized spacial score (nSPS) is 11.0. The molecule has 0 unspecified atom stereocenters. The number of hydrogen-bond acceptors (Lipinski definition) is 4. The third-order valence-electron chi connectivity index (χ3n) is 6.43. The highest BCUT2D eigenvalue weighted by Gasteiger charge is 2.17. The Balaban J connectivity index is 1.57. The lowest BCUT2D eigenvalue weighted by Gasteiger charge is -2.11. The molecule has 0 radical (unpaired) electrons. The predicted octanol–water partition coefficient (Wildman–Crippen LogP) is 5.42. The fourth-order valence-electron chi connectivity index (χ4n) is 4.61. The van der Waals surface area contributed by atoms with Gasteiger partial charge in [-0.25, -0.2) is 14.8 Å². The summed E-state index contributed by atoms with van der Waals surface area (Å²) in [7, 11) is 3.39. The van der Waals surface area contributed by atoms with Gasteiger partial charge in [0.2, 0.25) is 0 Å². The van der Waals surface area contributed by atoms with Crippen molar-refractivity contribution in [2.45, 2.75) is 33.2 Å². The zero-order valence-corrected chi connectivity index (χ0v) is 21.0. The van der Waals surface area contributed by atoms with E-state index in [0.29, 0.717) is 6.54 Å². The molecule has 0 spiro atoms. The maximum Gasteiger partial charge on any atom is 0.384 e. The smallest absolute Gasteiger partial charge is 0.384 e. The Bertz CT molecular complexity index is 1650. The van der Waals surface area contributed by atoms with Gasteiger partial charge in [-0.2, -0.15) is 0 Å². The molecule has 0 fully saturated rings. The lowest BCUT2D eigenvalue weighted by atomic mass is 10.1. The number of nitrogens with zero attached hydrogens (tertiary/aromatic N) is 4. The van der Waals surface area contributed by atoms with Crippen LogP contribution in [0, 0.1) is 18.8 Å². The number of aryl methyl sites for hydroxylation is 3. The van der Waals surface area contributed by atoms with Crippen molar-refractivity contribution in [2.24, 2.45) is 7.05 Å². The van der Waals surface area contributed by atoms with Crippen molar-refractivity contribution in [1.82, 2.24) is 19.1 Å². The molecule has 5 rings (SSSR count). The van der Waals surface area contributed by atoms with Crippen LogP contribution < -0.4 is 0 Å². The minimum Gasteiger partial charge on any atom is -0.459 e. The van der Waals surface area contributed by atoms with Crippen molar-refractivity contribution < 1.29 is 9.53 Å². The number of hydrogen-bond donors (Lipinski definition) is 0. The number of benzene rings is 3. The van der Waals surface area contributed by atoms with Crippen LogP contribution in [0.3, 0.4) is 0 Å². The predicted molar refractivity (Wildman–Crippen MR) is 143 cm³/mol. The molecule has 0 aliphatic heterocycles. The molecule has 0 N–H and O–H groups in total. The van der Waals surface area contributed by atoms with Crippen LogP contribution in [0.2, 0.25) is 0 Å².